The maximum atomic E-state index is 4.46. The van der Waals surface area contributed by atoms with Crippen LogP contribution in [0.3, 0.4) is 0 Å². The number of allylic oxidation sites excluding steroid dienone is 1. The number of hydrogen-bond acceptors (Lipinski definition) is 7. The van der Waals surface area contributed by atoms with Crippen molar-refractivity contribution in [2.75, 3.05) is 17.2 Å². The fourth-order valence-electron chi connectivity index (χ4n) is 2.60. The average Bonchev–Trinajstić information content (AvgIpc) is 3.24. The van der Waals surface area contributed by atoms with Crippen molar-refractivity contribution >= 4 is 34.8 Å². The first kappa shape index (κ1) is 15.3. The van der Waals surface area contributed by atoms with Gasteiger partial charge in [-0.1, -0.05) is 0 Å². The molecule has 0 saturated heterocycles. The van der Waals surface area contributed by atoms with E-state index in [-0.39, 0.29) is 0 Å². The Bertz CT molecular complexity index is 970. The van der Waals surface area contributed by atoms with Crippen molar-refractivity contribution in [2.24, 2.45) is 4.99 Å². The maximum Gasteiger partial charge on any atom is 0.229 e. The largest absolute Gasteiger partial charge is 0.328 e. The number of imidazole rings is 1. The van der Waals surface area contributed by atoms with Gasteiger partial charge in [-0.3, -0.25) is 4.99 Å². The van der Waals surface area contributed by atoms with Crippen LogP contribution < -0.4 is 10.6 Å². The van der Waals surface area contributed by atoms with E-state index in [1.807, 2.05) is 18.5 Å². The van der Waals surface area contributed by atoms with Gasteiger partial charge >= 0.3 is 0 Å². The summed E-state index contributed by atoms with van der Waals surface area (Å²) in [6, 6.07) is 4.11. The van der Waals surface area contributed by atoms with E-state index in [1.54, 1.807) is 24.7 Å². The van der Waals surface area contributed by atoms with E-state index < -0.39 is 0 Å². The zero-order chi connectivity index (χ0) is 17.2. The third kappa shape index (κ3) is 3.18. The maximum absolute atomic E-state index is 4.46. The average molecular weight is 334 g/mol. The number of aromatic nitrogens is 5. The van der Waals surface area contributed by atoms with Crippen LogP contribution in [0.5, 0.6) is 0 Å². The topological polar surface area (TPSA) is 92.9 Å². The molecule has 0 amide bonds. The van der Waals surface area contributed by atoms with Crippen LogP contribution >= 0.6 is 0 Å². The highest BCUT2D eigenvalue weighted by molar-refractivity contribution is 5.84. The molecule has 0 bridgehead atoms. The van der Waals surface area contributed by atoms with Gasteiger partial charge in [-0.15, -0.1) is 0 Å². The third-order valence-electron chi connectivity index (χ3n) is 3.83. The highest BCUT2D eigenvalue weighted by atomic mass is 15.2. The van der Waals surface area contributed by atoms with E-state index >= 15 is 0 Å². The molecule has 3 aromatic rings. The number of hydrogen-bond donors (Lipinski definition) is 2. The van der Waals surface area contributed by atoms with Gasteiger partial charge in [0.15, 0.2) is 0 Å². The molecule has 8 nitrogen and oxygen atoms in total. The molecule has 0 atom stereocenters. The molecule has 4 rings (SSSR count). The van der Waals surface area contributed by atoms with Gasteiger partial charge in [0, 0.05) is 24.5 Å². The van der Waals surface area contributed by atoms with E-state index in [9.17, 15) is 0 Å². The van der Waals surface area contributed by atoms with Gasteiger partial charge < -0.3 is 15.2 Å². The number of fused-ring (bicyclic) bond motifs is 1. The van der Waals surface area contributed by atoms with Gasteiger partial charge in [-0.05, 0) is 26.0 Å². The van der Waals surface area contributed by atoms with E-state index in [4.69, 9.17) is 0 Å². The lowest BCUT2D eigenvalue weighted by atomic mass is 10.3. The molecule has 0 radical (unpaired) electrons. The minimum atomic E-state index is 0.330. The number of aliphatic imine (C=N–C) groups is 1. The van der Waals surface area contributed by atoms with E-state index in [1.165, 1.54) is 0 Å². The smallest absolute Gasteiger partial charge is 0.229 e. The highest BCUT2D eigenvalue weighted by Gasteiger charge is 2.08. The normalized spacial score (nSPS) is 13.5. The molecule has 8 heteroatoms. The fraction of sp³-hybridized carbons (Fsp3) is 0.235. The minimum absolute atomic E-state index is 0.330. The standard InChI is InChI=1S/C17H18N8/c1-11(2)25-10-21-13-9-20-16(7-14(13)25)23-15-4-6-19-17(24-15)22-12-3-5-18-8-12/h3-4,6-11H,5H2,1-2H3,(H2,19,20,22,23,24). The van der Waals surface area contributed by atoms with Crippen LogP contribution in [0.25, 0.3) is 11.0 Å². The summed E-state index contributed by atoms with van der Waals surface area (Å²) in [5, 5.41) is 6.35. The zero-order valence-electron chi connectivity index (χ0n) is 14.0. The lowest BCUT2D eigenvalue weighted by molar-refractivity contribution is 0.617. The van der Waals surface area contributed by atoms with Gasteiger partial charge in [0.1, 0.15) is 17.2 Å². The number of nitrogens with zero attached hydrogens (tertiary/aromatic N) is 6. The van der Waals surface area contributed by atoms with Crippen molar-refractivity contribution < 1.29 is 0 Å². The second kappa shape index (κ2) is 6.31. The molecule has 25 heavy (non-hydrogen) atoms. The summed E-state index contributed by atoms with van der Waals surface area (Å²) in [7, 11) is 0. The van der Waals surface area contributed by atoms with Gasteiger partial charge in [-0.25, -0.2) is 15.0 Å². The van der Waals surface area contributed by atoms with Crippen molar-refractivity contribution in [3.8, 4) is 0 Å². The predicted octanol–water partition coefficient (Wildman–Crippen LogP) is 2.93. The molecule has 0 unspecified atom stereocenters. The van der Waals surface area contributed by atoms with E-state index in [0.717, 1.165) is 16.7 Å². The quantitative estimate of drug-likeness (QED) is 0.745. The van der Waals surface area contributed by atoms with Crippen LogP contribution in [-0.4, -0.2) is 37.3 Å². The number of nitrogens with one attached hydrogen (secondary N) is 2. The van der Waals surface area contributed by atoms with Crippen LogP contribution in [0.1, 0.15) is 19.9 Å². The Morgan fingerprint density at radius 2 is 2.04 bits per heavy atom. The Hall–Kier alpha value is -3.29. The number of rotatable bonds is 5. The lowest BCUT2D eigenvalue weighted by Crippen LogP contribution is -2.05. The Kier molecular flexibility index (Phi) is 3.85. The third-order valence-corrected chi connectivity index (χ3v) is 3.83. The fourth-order valence-corrected chi connectivity index (χ4v) is 2.60. The van der Waals surface area contributed by atoms with Crippen LogP contribution in [0.4, 0.5) is 17.6 Å². The summed E-state index contributed by atoms with van der Waals surface area (Å²) in [6.45, 7) is 4.93. The first-order valence-corrected chi connectivity index (χ1v) is 8.09. The molecule has 0 saturated carbocycles. The van der Waals surface area contributed by atoms with Gasteiger partial charge in [-0.2, -0.15) is 4.98 Å². The number of anilines is 3. The predicted molar refractivity (Wildman–Crippen MR) is 98.3 cm³/mol. The number of pyridine rings is 1. The highest BCUT2D eigenvalue weighted by Crippen LogP contribution is 2.21. The molecule has 3 aromatic heterocycles. The summed E-state index contributed by atoms with van der Waals surface area (Å²) in [4.78, 5) is 21.6. The second-order valence-corrected chi connectivity index (χ2v) is 5.97. The zero-order valence-corrected chi connectivity index (χ0v) is 14.0. The summed E-state index contributed by atoms with van der Waals surface area (Å²) in [5.74, 6) is 1.88. The molecule has 0 spiro atoms. The van der Waals surface area contributed by atoms with Crippen molar-refractivity contribution in [3.63, 3.8) is 0 Å². The molecule has 0 fully saturated rings. The molecule has 1 aliphatic rings. The minimum Gasteiger partial charge on any atom is -0.328 e. The first-order chi connectivity index (χ1) is 12.2. The summed E-state index contributed by atoms with van der Waals surface area (Å²) >= 11 is 0. The van der Waals surface area contributed by atoms with Crippen LogP contribution in [-0.2, 0) is 0 Å². The molecular weight excluding hydrogens is 316 g/mol. The molecule has 1 aliphatic heterocycles. The second-order valence-electron chi connectivity index (χ2n) is 5.97. The molecule has 0 aliphatic carbocycles. The molecule has 0 aromatic carbocycles. The first-order valence-electron chi connectivity index (χ1n) is 8.09. The Labute approximate surface area is 144 Å². The Morgan fingerprint density at radius 3 is 2.84 bits per heavy atom. The SMILES string of the molecule is CC(C)n1cnc2cnc(Nc3ccnc(NC4=CCN=C4)n3)cc21. The monoisotopic (exact) mass is 334 g/mol. The van der Waals surface area contributed by atoms with Crippen LogP contribution in [0.15, 0.2) is 47.6 Å². The Morgan fingerprint density at radius 1 is 1.12 bits per heavy atom. The summed E-state index contributed by atoms with van der Waals surface area (Å²) < 4.78 is 2.11. The Balaban J connectivity index is 1.58. The van der Waals surface area contributed by atoms with Crippen molar-refractivity contribution in [2.45, 2.75) is 19.9 Å². The van der Waals surface area contributed by atoms with Gasteiger partial charge in [0.05, 0.1) is 30.3 Å². The van der Waals surface area contributed by atoms with Crippen LogP contribution in [0, 0.1) is 0 Å². The van der Waals surface area contributed by atoms with E-state index in [0.29, 0.717) is 30.2 Å². The molecule has 2 N–H and O–H groups in total. The molecular formula is C17H18N8. The lowest BCUT2D eigenvalue weighted by Gasteiger charge is -2.10. The van der Waals surface area contributed by atoms with E-state index in [2.05, 4.69) is 54.0 Å². The van der Waals surface area contributed by atoms with Crippen molar-refractivity contribution in [3.05, 3.63) is 42.6 Å². The van der Waals surface area contributed by atoms with Gasteiger partial charge in [0.25, 0.3) is 0 Å². The summed E-state index contributed by atoms with van der Waals surface area (Å²) in [6.07, 6.45) is 9.04. The molecule has 126 valence electrons. The van der Waals surface area contributed by atoms with Gasteiger partial charge in [0.2, 0.25) is 5.95 Å². The van der Waals surface area contributed by atoms with Crippen molar-refractivity contribution in [1.29, 1.82) is 0 Å². The summed E-state index contributed by atoms with van der Waals surface area (Å²) in [5.41, 5.74) is 2.81. The van der Waals surface area contributed by atoms with Crippen LogP contribution in [0.2, 0.25) is 0 Å². The van der Waals surface area contributed by atoms with Crippen molar-refractivity contribution in [1.82, 2.24) is 24.5 Å². The molecule has 4 heterocycles.